The van der Waals surface area contributed by atoms with E-state index < -0.39 is 6.10 Å². The Labute approximate surface area is 217 Å². The molecule has 6 heteroatoms. The maximum absolute atomic E-state index is 11.0. The molecule has 0 saturated carbocycles. The summed E-state index contributed by atoms with van der Waals surface area (Å²) in [5, 5.41) is 13.4. The number of aliphatic hydroxyl groups is 1. The number of piperazine rings is 1. The Balaban J connectivity index is 1.20. The maximum Gasteiger partial charge on any atom is 0.0845 e. The molecular formula is C28H29Br2N3O. The first-order chi connectivity index (χ1) is 16.6. The Morgan fingerprint density at radius 2 is 1.35 bits per heavy atom. The fourth-order valence-electron chi connectivity index (χ4n) is 4.87. The van der Waals surface area contributed by atoms with Crippen LogP contribution in [0.5, 0.6) is 0 Å². The first-order valence-corrected chi connectivity index (χ1v) is 13.4. The molecule has 0 unspecified atom stereocenters. The van der Waals surface area contributed by atoms with E-state index in [2.05, 4.69) is 119 Å². The third kappa shape index (κ3) is 5.47. The van der Waals surface area contributed by atoms with Crippen LogP contribution in [0.1, 0.15) is 5.56 Å². The summed E-state index contributed by atoms with van der Waals surface area (Å²) in [6, 6.07) is 23.2. The van der Waals surface area contributed by atoms with Gasteiger partial charge in [-0.1, -0.05) is 74.3 Å². The quantitative estimate of drug-likeness (QED) is 0.289. The van der Waals surface area contributed by atoms with Crippen LogP contribution in [0.4, 0.5) is 0 Å². The molecule has 4 aromatic rings. The van der Waals surface area contributed by atoms with Crippen molar-refractivity contribution >= 4 is 59.7 Å². The van der Waals surface area contributed by atoms with E-state index in [0.717, 1.165) is 52.7 Å². The highest BCUT2D eigenvalue weighted by Crippen LogP contribution is 2.33. The minimum Gasteiger partial charge on any atom is -0.390 e. The summed E-state index contributed by atoms with van der Waals surface area (Å²) in [6.07, 6.45) is 4.02. The van der Waals surface area contributed by atoms with E-state index in [1.165, 1.54) is 16.3 Å². The summed E-state index contributed by atoms with van der Waals surface area (Å²) in [5.74, 6) is 0. The summed E-state index contributed by atoms with van der Waals surface area (Å²) in [6.45, 7) is 6.29. The van der Waals surface area contributed by atoms with Crippen molar-refractivity contribution in [2.45, 2.75) is 12.6 Å². The van der Waals surface area contributed by atoms with Crippen LogP contribution < -0.4 is 0 Å². The van der Waals surface area contributed by atoms with Crippen LogP contribution in [0, 0.1) is 0 Å². The zero-order valence-electron chi connectivity index (χ0n) is 19.1. The molecule has 2 heterocycles. The maximum atomic E-state index is 11.0. The van der Waals surface area contributed by atoms with Gasteiger partial charge in [-0.15, -0.1) is 0 Å². The van der Waals surface area contributed by atoms with E-state index in [0.29, 0.717) is 13.1 Å². The fourth-order valence-corrected chi connectivity index (χ4v) is 5.59. The van der Waals surface area contributed by atoms with E-state index in [9.17, 15) is 5.11 Å². The Bertz CT molecular complexity index is 1230. The van der Waals surface area contributed by atoms with Crippen molar-refractivity contribution in [1.29, 1.82) is 0 Å². The number of hydrogen-bond acceptors (Lipinski definition) is 3. The van der Waals surface area contributed by atoms with Gasteiger partial charge >= 0.3 is 0 Å². The molecule has 1 aromatic heterocycles. The van der Waals surface area contributed by atoms with Gasteiger partial charge in [0.05, 0.1) is 12.6 Å². The number of halogens is 2. The molecule has 0 amide bonds. The number of aromatic nitrogens is 1. The van der Waals surface area contributed by atoms with Crippen LogP contribution in [-0.4, -0.2) is 64.8 Å². The van der Waals surface area contributed by atoms with Crippen molar-refractivity contribution in [2.75, 3.05) is 39.3 Å². The summed E-state index contributed by atoms with van der Waals surface area (Å²) >= 11 is 7.22. The fraction of sp³-hybridized carbons (Fsp3) is 0.286. The molecule has 1 aliphatic rings. The van der Waals surface area contributed by atoms with Crippen LogP contribution in [0.25, 0.3) is 27.9 Å². The van der Waals surface area contributed by atoms with Crippen LogP contribution in [0.2, 0.25) is 0 Å². The number of aliphatic hydroxyl groups excluding tert-OH is 1. The smallest absolute Gasteiger partial charge is 0.0845 e. The predicted molar refractivity (Wildman–Crippen MR) is 149 cm³/mol. The zero-order chi connectivity index (χ0) is 23.5. The Kier molecular flexibility index (Phi) is 7.52. The van der Waals surface area contributed by atoms with Gasteiger partial charge < -0.3 is 9.67 Å². The van der Waals surface area contributed by atoms with E-state index in [-0.39, 0.29) is 0 Å². The molecule has 1 fully saturated rings. The normalized spacial score (nSPS) is 16.7. The molecule has 3 aromatic carbocycles. The molecular weight excluding hydrogens is 554 g/mol. The van der Waals surface area contributed by atoms with E-state index in [4.69, 9.17) is 0 Å². The number of nitrogens with zero attached hydrogens (tertiary/aromatic N) is 3. The molecule has 1 aliphatic heterocycles. The van der Waals surface area contributed by atoms with Gasteiger partial charge in [-0.25, -0.2) is 0 Å². The van der Waals surface area contributed by atoms with Gasteiger partial charge in [0.25, 0.3) is 0 Å². The van der Waals surface area contributed by atoms with Gasteiger partial charge in [-0.3, -0.25) is 9.80 Å². The Morgan fingerprint density at radius 3 is 1.97 bits per heavy atom. The number of benzene rings is 3. The SMILES string of the molecule is O[C@@H](CN1CCN(C/C=C/c2ccccc2)CC1)Cn1c2ccc(Br)cc2c2cc(Br)ccc21. The van der Waals surface area contributed by atoms with Gasteiger partial charge in [-0.05, 0) is 42.0 Å². The van der Waals surface area contributed by atoms with Crippen molar-refractivity contribution in [3.63, 3.8) is 0 Å². The average molecular weight is 583 g/mol. The number of β-amino-alcohol motifs (C(OH)–C–C–N with tert-alkyl or cyclic N) is 1. The Hall–Kier alpha value is -1.96. The van der Waals surface area contributed by atoms with E-state index in [1.807, 2.05) is 6.07 Å². The monoisotopic (exact) mass is 581 g/mol. The average Bonchev–Trinajstić information content (AvgIpc) is 3.12. The molecule has 0 bridgehead atoms. The highest BCUT2D eigenvalue weighted by atomic mass is 79.9. The minimum absolute atomic E-state index is 0.421. The van der Waals surface area contributed by atoms with E-state index in [1.54, 1.807) is 0 Å². The van der Waals surface area contributed by atoms with Crippen molar-refractivity contribution in [2.24, 2.45) is 0 Å². The van der Waals surface area contributed by atoms with Gasteiger partial charge in [-0.2, -0.15) is 0 Å². The molecule has 5 rings (SSSR count). The molecule has 1 saturated heterocycles. The lowest BCUT2D eigenvalue weighted by molar-refractivity contribution is 0.0688. The zero-order valence-corrected chi connectivity index (χ0v) is 22.2. The first-order valence-electron chi connectivity index (χ1n) is 11.8. The number of rotatable bonds is 7. The highest BCUT2D eigenvalue weighted by Gasteiger charge is 2.20. The second-order valence-electron chi connectivity index (χ2n) is 9.00. The Morgan fingerprint density at radius 1 is 0.765 bits per heavy atom. The minimum atomic E-state index is -0.421. The molecule has 4 nitrogen and oxygen atoms in total. The topological polar surface area (TPSA) is 31.6 Å². The van der Waals surface area contributed by atoms with Crippen molar-refractivity contribution < 1.29 is 5.11 Å². The van der Waals surface area contributed by atoms with Gasteiger partial charge in [0.1, 0.15) is 0 Å². The lowest BCUT2D eigenvalue weighted by Crippen LogP contribution is -2.48. The van der Waals surface area contributed by atoms with Crippen LogP contribution >= 0.6 is 31.9 Å². The lowest BCUT2D eigenvalue weighted by atomic mass is 10.2. The van der Waals surface area contributed by atoms with Gasteiger partial charge in [0, 0.05) is 70.0 Å². The first kappa shape index (κ1) is 23.8. The third-order valence-electron chi connectivity index (χ3n) is 6.59. The molecule has 0 spiro atoms. The van der Waals surface area contributed by atoms with Crippen molar-refractivity contribution in [3.8, 4) is 0 Å². The second-order valence-corrected chi connectivity index (χ2v) is 10.8. The lowest BCUT2D eigenvalue weighted by Gasteiger charge is -2.35. The molecule has 1 N–H and O–H groups in total. The molecule has 34 heavy (non-hydrogen) atoms. The van der Waals surface area contributed by atoms with Crippen molar-refractivity contribution in [1.82, 2.24) is 14.4 Å². The van der Waals surface area contributed by atoms with Crippen molar-refractivity contribution in [3.05, 3.63) is 87.3 Å². The predicted octanol–water partition coefficient (Wildman–Crippen LogP) is 6.01. The summed E-state index contributed by atoms with van der Waals surface area (Å²) in [4.78, 5) is 4.87. The highest BCUT2D eigenvalue weighted by molar-refractivity contribution is 9.10. The van der Waals surface area contributed by atoms with E-state index >= 15 is 0 Å². The van der Waals surface area contributed by atoms with Gasteiger partial charge in [0.2, 0.25) is 0 Å². The standard InChI is InChI=1S/C28H29Br2N3O/c29-22-8-10-27-25(17-22)26-18-23(30)9-11-28(26)33(27)20-24(34)19-32-15-13-31(14-16-32)12-4-7-21-5-2-1-3-6-21/h1-11,17-18,24,34H,12-16,19-20H2/b7-4+/t24-/m0/s1. The molecule has 176 valence electrons. The number of fused-ring (bicyclic) bond motifs is 3. The molecule has 1 atom stereocenters. The van der Waals surface area contributed by atoms with Gasteiger partial charge in [0.15, 0.2) is 0 Å². The third-order valence-corrected chi connectivity index (χ3v) is 7.58. The molecule has 0 radical (unpaired) electrons. The van der Waals surface area contributed by atoms with Crippen LogP contribution in [-0.2, 0) is 6.54 Å². The molecule has 0 aliphatic carbocycles. The largest absolute Gasteiger partial charge is 0.390 e. The summed E-state index contributed by atoms with van der Waals surface area (Å²) in [7, 11) is 0. The van der Waals surface area contributed by atoms with Crippen LogP contribution in [0.3, 0.4) is 0 Å². The van der Waals surface area contributed by atoms with Crippen LogP contribution in [0.15, 0.2) is 81.8 Å². The summed E-state index contributed by atoms with van der Waals surface area (Å²) in [5.41, 5.74) is 3.56. The summed E-state index contributed by atoms with van der Waals surface area (Å²) < 4.78 is 4.39. The second kappa shape index (κ2) is 10.8. The number of hydrogen-bond donors (Lipinski definition) is 1.